The highest BCUT2D eigenvalue weighted by Crippen LogP contribution is 2.63. The summed E-state index contributed by atoms with van der Waals surface area (Å²) in [6.07, 6.45) is -7.78. The average molecular weight is 1820 g/mol. The number of phosphoric acid groups is 3. The molecule has 0 spiro atoms. The van der Waals surface area contributed by atoms with Crippen LogP contribution in [0, 0.1) is 16.2 Å². The molecule has 12 heterocycles. The van der Waals surface area contributed by atoms with Crippen molar-refractivity contribution in [1.29, 1.82) is 0 Å². The van der Waals surface area contributed by atoms with E-state index in [0.29, 0.717) is 19.3 Å². The Bertz CT molecular complexity index is 4590. The Labute approximate surface area is 694 Å². The summed E-state index contributed by atoms with van der Waals surface area (Å²) in [5.74, 6) is -0.143. The lowest BCUT2D eigenvalue weighted by Crippen LogP contribution is -2.44. The number of anilines is 3. The van der Waals surface area contributed by atoms with Crippen molar-refractivity contribution >= 4 is 144 Å². The third-order valence-electron chi connectivity index (χ3n) is 19.3. The number of fused-ring (bicyclic) bond motifs is 6. The highest BCUT2D eigenvalue weighted by Gasteiger charge is 2.65. The normalized spacial score (nSPS) is 28.4. The molecule has 6 aromatic heterocycles. The van der Waals surface area contributed by atoms with Gasteiger partial charge in [0.2, 0.25) is 17.8 Å². The summed E-state index contributed by atoms with van der Waals surface area (Å²) in [4.78, 5) is 139. The van der Waals surface area contributed by atoms with Crippen molar-refractivity contribution in [2.24, 2.45) is 16.2 Å². The number of halogens is 3. The highest BCUT2D eigenvalue weighted by atomic mass is 32.2. The standard InChI is InChI=1S/3C22H32FN6O9PS/c3*1-5-34-20(32)25-7-6-21(2,3)18(31)40-9-8-35-39(33)36-10-12-14(38-39)22(4,23)17(37-12)29-11-26-13-15(29)27-19(24)28-16(13)30/h3*11-12,14,17H,5-10H2,1-4H3,(H,25,32)(H3,24,27,28,30)/t12-,14-,17-,22-,39?;12-,14-,17-,22-,39+;12-,14-,17-,22-,39-/m111/s1. The number of nitrogens with one attached hydrogen (secondary N) is 6. The van der Waals surface area contributed by atoms with Crippen LogP contribution in [0.5, 0.6) is 0 Å². The second-order valence-electron chi connectivity index (χ2n) is 29.9. The zero-order valence-electron chi connectivity index (χ0n) is 67.1. The molecule has 6 aliphatic heterocycles. The molecule has 0 aromatic carbocycles. The predicted molar refractivity (Wildman–Crippen MR) is 424 cm³/mol. The fourth-order valence-corrected chi connectivity index (χ4v) is 20.1. The van der Waals surface area contributed by atoms with Crippen LogP contribution in [0.4, 0.5) is 45.4 Å². The van der Waals surface area contributed by atoms with Crippen LogP contribution in [-0.2, 0) is 97.2 Å². The number of alkyl carbamates (subject to hydrolysis) is 3. The summed E-state index contributed by atoms with van der Waals surface area (Å²) in [5, 5.41) is 7.25. The van der Waals surface area contributed by atoms with E-state index in [0.717, 1.165) is 35.3 Å². The van der Waals surface area contributed by atoms with Gasteiger partial charge < -0.3 is 61.6 Å². The maximum Gasteiger partial charge on any atom is 0.475 e. The van der Waals surface area contributed by atoms with Crippen LogP contribution >= 0.6 is 58.8 Å². The molecule has 6 saturated heterocycles. The minimum absolute atomic E-state index is 0.00964. The van der Waals surface area contributed by atoms with Gasteiger partial charge in [-0.3, -0.25) is 98.1 Å². The van der Waals surface area contributed by atoms with Crippen molar-refractivity contribution in [2.45, 2.75) is 175 Å². The Morgan fingerprint density at radius 3 is 0.975 bits per heavy atom. The van der Waals surface area contributed by atoms with Crippen molar-refractivity contribution in [2.75, 3.05) is 114 Å². The molecule has 45 nitrogen and oxygen atoms in total. The predicted octanol–water partition coefficient (Wildman–Crippen LogP) is 6.87. The molecule has 6 aliphatic rings. The molecule has 54 heteroatoms. The number of phosphoric ester groups is 3. The number of carbonyl (C=O) groups excluding carboxylic acids is 6. The molecular formula is C66H96F3N18O27P3S3. The third-order valence-corrected chi connectivity index (χ3v) is 27.2. The summed E-state index contributed by atoms with van der Waals surface area (Å²) in [6.45, 7) is 19.3. The van der Waals surface area contributed by atoms with Gasteiger partial charge in [-0.2, -0.15) is 15.0 Å². The minimum Gasteiger partial charge on any atom is -0.450 e. The number of alkyl halides is 3. The topological polar surface area (TPSA) is 597 Å². The van der Waals surface area contributed by atoms with Gasteiger partial charge in [0.25, 0.3) is 16.7 Å². The van der Waals surface area contributed by atoms with Gasteiger partial charge in [0.15, 0.2) is 84.5 Å². The molecule has 666 valence electrons. The van der Waals surface area contributed by atoms with E-state index in [1.165, 1.54) is 53.5 Å². The van der Waals surface area contributed by atoms with Crippen LogP contribution in [-0.4, -0.2) is 242 Å². The first-order valence-electron chi connectivity index (χ1n) is 37.5. The van der Waals surface area contributed by atoms with E-state index in [2.05, 4.69) is 60.8 Å². The molecule has 6 fully saturated rings. The van der Waals surface area contributed by atoms with Crippen molar-refractivity contribution in [3.8, 4) is 0 Å². The van der Waals surface area contributed by atoms with Crippen LogP contribution in [0.25, 0.3) is 33.5 Å². The monoisotopic (exact) mass is 1820 g/mol. The summed E-state index contributed by atoms with van der Waals surface area (Å²) >= 11 is 2.90. The number of ether oxygens (including phenoxy) is 6. The van der Waals surface area contributed by atoms with E-state index in [9.17, 15) is 56.8 Å². The van der Waals surface area contributed by atoms with Gasteiger partial charge in [0.05, 0.1) is 78.4 Å². The van der Waals surface area contributed by atoms with Gasteiger partial charge in [0.1, 0.15) is 36.6 Å². The zero-order valence-corrected chi connectivity index (χ0v) is 72.3. The molecule has 12 rings (SSSR count). The first-order valence-corrected chi connectivity index (χ1v) is 44.8. The second kappa shape index (κ2) is 38.6. The van der Waals surface area contributed by atoms with E-state index < -0.39 is 147 Å². The Kier molecular flexibility index (Phi) is 30.4. The second-order valence-corrected chi connectivity index (χ2v) is 38.0. The number of H-pyrrole nitrogens is 3. The Hall–Kier alpha value is -7.68. The number of aromatic nitrogens is 12. The van der Waals surface area contributed by atoms with Gasteiger partial charge in [-0.15, -0.1) is 0 Å². The van der Waals surface area contributed by atoms with Gasteiger partial charge in [-0.1, -0.05) is 76.8 Å². The molecular weight excluding hydrogens is 1720 g/mol. The number of amides is 3. The maximum atomic E-state index is 16.1. The summed E-state index contributed by atoms with van der Waals surface area (Å²) in [7, 11) is -12.6. The molecule has 0 saturated carbocycles. The SMILES string of the molecule is CCOC(=O)NCCC(C)(C)C(=O)SCCOP1(=O)OC[C@H]2O[C@@H](n3cnc4c(=O)[nH]c(N)nc43)[C@](C)(F)[C@@H]2O1.CCOC(=O)NCCC(C)(C)C(=O)SCCO[P@@]1(=O)OC[C@H]2O[C@@H](n3cnc4c(=O)[nH]c(N)nc43)[C@](C)(F)[C@@H]2O1.CCOC(=O)NCCC(C)(C)C(=O)SCCO[P@]1(=O)OC[C@H]2O[C@@H](n3cnc4c(=O)[nH]c(N)nc43)[C@](C)(F)[C@@H]2O1. The van der Waals surface area contributed by atoms with Crippen LogP contribution in [0.3, 0.4) is 0 Å². The maximum absolute atomic E-state index is 16.1. The zero-order chi connectivity index (χ0) is 87.9. The summed E-state index contributed by atoms with van der Waals surface area (Å²) in [6, 6.07) is 0. The van der Waals surface area contributed by atoms with Gasteiger partial charge in [-0.05, 0) is 60.8 Å². The first-order chi connectivity index (χ1) is 56.3. The lowest BCUT2D eigenvalue weighted by Gasteiger charge is -2.33. The molecule has 0 bridgehead atoms. The van der Waals surface area contributed by atoms with Crippen LogP contribution in [0.2, 0.25) is 0 Å². The summed E-state index contributed by atoms with van der Waals surface area (Å²) < 4.78 is 172. The molecule has 6 aromatic rings. The van der Waals surface area contributed by atoms with E-state index in [-0.39, 0.29) is 163 Å². The largest absolute Gasteiger partial charge is 0.475 e. The Morgan fingerprint density at radius 1 is 0.483 bits per heavy atom. The van der Waals surface area contributed by atoms with Crippen molar-refractivity contribution < 1.29 is 125 Å². The van der Waals surface area contributed by atoms with Crippen molar-refractivity contribution in [3.63, 3.8) is 0 Å². The number of hydrogen-bond acceptors (Lipinski definition) is 39. The number of thioether (sulfide) groups is 3. The number of rotatable bonds is 30. The number of aromatic amines is 3. The average Bonchev–Trinajstić information content (AvgIpc) is 1.59. The fourth-order valence-electron chi connectivity index (χ4n) is 12.8. The number of nitrogens with two attached hydrogens (primary N) is 3. The van der Waals surface area contributed by atoms with Crippen molar-refractivity contribution in [3.05, 3.63) is 50.0 Å². The van der Waals surface area contributed by atoms with E-state index in [4.69, 9.17) is 86.3 Å². The fraction of sp³-hybridized carbons (Fsp3) is 0.682. The molecule has 12 N–H and O–H groups in total. The summed E-state index contributed by atoms with van der Waals surface area (Å²) in [5.41, 5.74) is 5.93. The van der Waals surface area contributed by atoms with Crippen LogP contribution < -0.4 is 49.8 Å². The van der Waals surface area contributed by atoms with Gasteiger partial charge >= 0.3 is 41.7 Å². The minimum atomic E-state index is -4.19. The molecule has 3 amide bonds. The number of imidazole rings is 3. The Morgan fingerprint density at radius 2 is 0.733 bits per heavy atom. The quantitative estimate of drug-likeness (QED) is 0.0126. The molecule has 1 unspecified atom stereocenters. The number of nitrogens with zero attached hydrogens (tertiary/aromatic N) is 9. The number of hydrogen-bond donors (Lipinski definition) is 9. The third kappa shape index (κ3) is 22.1. The van der Waals surface area contributed by atoms with Crippen LogP contribution in [0.15, 0.2) is 33.4 Å². The molecule has 0 radical (unpaired) electrons. The lowest BCUT2D eigenvalue weighted by molar-refractivity contribution is -0.119. The van der Waals surface area contributed by atoms with E-state index in [1.807, 2.05) is 0 Å². The Balaban J connectivity index is 0.000000189. The number of nitrogen functional groups attached to an aromatic ring is 3. The highest BCUT2D eigenvalue weighted by molar-refractivity contribution is 8.14. The first kappa shape index (κ1) is 94.6. The van der Waals surface area contributed by atoms with E-state index >= 15 is 13.2 Å². The number of carbonyl (C=O) groups is 6. The smallest absolute Gasteiger partial charge is 0.450 e. The molecule has 120 heavy (non-hydrogen) atoms. The lowest BCUT2D eigenvalue weighted by atomic mass is 9.91. The molecule has 0 aliphatic carbocycles. The van der Waals surface area contributed by atoms with Gasteiger partial charge in [-0.25, -0.2) is 56.2 Å². The van der Waals surface area contributed by atoms with Crippen LogP contribution in [0.1, 0.15) is 121 Å². The van der Waals surface area contributed by atoms with Crippen molar-refractivity contribution in [1.82, 2.24) is 74.5 Å². The van der Waals surface area contributed by atoms with Gasteiger partial charge in [0, 0.05) is 53.1 Å². The molecule has 15 atom stereocenters. The van der Waals surface area contributed by atoms with E-state index in [1.54, 1.807) is 62.3 Å².